The molecule has 1 aromatic rings. The maximum Gasteiger partial charge on any atom is 0.223 e. The van der Waals surface area contributed by atoms with Crippen molar-refractivity contribution in [2.75, 3.05) is 13.6 Å². The molecule has 0 aromatic carbocycles. The van der Waals surface area contributed by atoms with Crippen LogP contribution in [0.15, 0.2) is 4.52 Å². The van der Waals surface area contributed by atoms with Gasteiger partial charge < -0.3 is 15.2 Å². The van der Waals surface area contributed by atoms with Gasteiger partial charge in [0.15, 0.2) is 5.82 Å². The van der Waals surface area contributed by atoms with Gasteiger partial charge in [0.1, 0.15) is 0 Å². The van der Waals surface area contributed by atoms with Crippen LogP contribution in [0.4, 0.5) is 0 Å². The highest BCUT2D eigenvalue weighted by molar-refractivity contribution is 5.10. The first-order chi connectivity index (χ1) is 6.51. The molecule has 0 amide bonds. The van der Waals surface area contributed by atoms with E-state index in [1.54, 1.807) is 6.92 Å². The minimum atomic E-state index is -0.439. The van der Waals surface area contributed by atoms with E-state index in [2.05, 4.69) is 29.0 Å². The third kappa shape index (κ3) is 1.42. The topological polar surface area (TPSA) is 68.2 Å². The number of nitrogens with two attached hydrogens (primary N) is 1. The maximum atomic E-state index is 6.25. The molecule has 5 heteroatoms. The van der Waals surface area contributed by atoms with Crippen LogP contribution in [0.5, 0.6) is 0 Å². The third-order valence-electron chi connectivity index (χ3n) is 2.92. The van der Waals surface area contributed by atoms with Crippen molar-refractivity contribution in [3.63, 3.8) is 0 Å². The Hall–Kier alpha value is -0.940. The van der Waals surface area contributed by atoms with Crippen molar-refractivity contribution < 1.29 is 4.52 Å². The molecule has 1 aliphatic rings. The van der Waals surface area contributed by atoms with Crippen molar-refractivity contribution in [1.29, 1.82) is 0 Å². The van der Waals surface area contributed by atoms with Gasteiger partial charge >= 0.3 is 0 Å². The molecule has 0 bridgehead atoms. The molecule has 1 fully saturated rings. The molecule has 2 N–H and O–H groups in total. The van der Waals surface area contributed by atoms with Crippen LogP contribution in [0.2, 0.25) is 0 Å². The van der Waals surface area contributed by atoms with E-state index in [0.29, 0.717) is 17.8 Å². The van der Waals surface area contributed by atoms with Gasteiger partial charge in [-0.3, -0.25) is 0 Å². The number of hydrogen-bond acceptors (Lipinski definition) is 5. The maximum absolute atomic E-state index is 6.25. The fourth-order valence-electron chi connectivity index (χ4n) is 2.01. The molecule has 14 heavy (non-hydrogen) atoms. The quantitative estimate of drug-likeness (QED) is 0.697. The molecule has 2 atom stereocenters. The minimum absolute atomic E-state index is 0.439. The smallest absolute Gasteiger partial charge is 0.223 e. The summed E-state index contributed by atoms with van der Waals surface area (Å²) in [5.74, 6) is 1.21. The zero-order valence-electron chi connectivity index (χ0n) is 8.82. The zero-order valence-corrected chi connectivity index (χ0v) is 8.82. The van der Waals surface area contributed by atoms with Crippen molar-refractivity contribution in [1.82, 2.24) is 15.0 Å². The molecule has 1 aliphatic heterocycles. The number of likely N-dealkylation sites (tertiary alicyclic amines) is 1. The first-order valence-corrected chi connectivity index (χ1v) is 4.81. The van der Waals surface area contributed by atoms with Gasteiger partial charge in [0.2, 0.25) is 5.89 Å². The Balaban J connectivity index is 2.26. The van der Waals surface area contributed by atoms with Gasteiger partial charge in [-0.1, -0.05) is 5.16 Å². The van der Waals surface area contributed by atoms with Gasteiger partial charge in [-0.2, -0.15) is 4.98 Å². The summed E-state index contributed by atoms with van der Waals surface area (Å²) >= 11 is 0. The fraction of sp³-hybridized carbons (Fsp3) is 0.778. The van der Waals surface area contributed by atoms with Crippen LogP contribution in [0.1, 0.15) is 25.1 Å². The van der Waals surface area contributed by atoms with E-state index >= 15 is 0 Å². The van der Waals surface area contributed by atoms with Gasteiger partial charge in [0.05, 0.1) is 5.54 Å². The highest BCUT2D eigenvalue weighted by Crippen LogP contribution is 2.30. The minimum Gasteiger partial charge on any atom is -0.340 e. The second-order valence-electron chi connectivity index (χ2n) is 4.26. The van der Waals surface area contributed by atoms with E-state index < -0.39 is 5.54 Å². The lowest BCUT2D eigenvalue weighted by atomic mass is 9.97. The van der Waals surface area contributed by atoms with E-state index in [4.69, 9.17) is 10.3 Å². The van der Waals surface area contributed by atoms with Gasteiger partial charge in [-0.25, -0.2) is 0 Å². The lowest BCUT2D eigenvalue weighted by Gasteiger charge is -2.18. The first-order valence-electron chi connectivity index (χ1n) is 4.81. The summed E-state index contributed by atoms with van der Waals surface area (Å²) in [6.07, 6.45) is 0.877. The van der Waals surface area contributed by atoms with E-state index in [1.807, 2.05) is 0 Å². The van der Waals surface area contributed by atoms with Gasteiger partial charge in [0.25, 0.3) is 0 Å². The van der Waals surface area contributed by atoms with Crippen molar-refractivity contribution in [3.05, 3.63) is 11.7 Å². The molecule has 0 radical (unpaired) electrons. The number of aromatic nitrogens is 2. The standard InChI is InChI=1S/C9H16N4O/c1-6-4-9(10,5-13(6)3)8-11-7(2)14-12-8/h6H,4-5,10H2,1-3H3. The highest BCUT2D eigenvalue weighted by Gasteiger charge is 2.42. The predicted molar refractivity (Wildman–Crippen MR) is 51.6 cm³/mol. The summed E-state index contributed by atoms with van der Waals surface area (Å²) in [6, 6.07) is 0.471. The van der Waals surface area contributed by atoms with Crippen LogP contribution in [-0.2, 0) is 5.54 Å². The Bertz CT molecular complexity index is 325. The van der Waals surface area contributed by atoms with Crippen LogP contribution >= 0.6 is 0 Å². The molecule has 0 spiro atoms. The van der Waals surface area contributed by atoms with E-state index in [0.717, 1.165) is 13.0 Å². The zero-order chi connectivity index (χ0) is 10.3. The van der Waals surface area contributed by atoms with Crippen molar-refractivity contribution in [3.8, 4) is 0 Å². The van der Waals surface area contributed by atoms with Crippen LogP contribution in [-0.4, -0.2) is 34.7 Å². The van der Waals surface area contributed by atoms with Gasteiger partial charge in [0, 0.05) is 19.5 Å². The highest BCUT2D eigenvalue weighted by atomic mass is 16.5. The number of rotatable bonds is 1. The largest absolute Gasteiger partial charge is 0.340 e. The Kier molecular flexibility index (Phi) is 2.08. The average molecular weight is 196 g/mol. The summed E-state index contributed by atoms with van der Waals surface area (Å²) in [4.78, 5) is 6.42. The molecule has 2 rings (SSSR count). The molecule has 0 aliphatic carbocycles. The Labute approximate surface area is 83.3 Å². The molecular weight excluding hydrogens is 180 g/mol. The molecule has 78 valence electrons. The number of likely N-dealkylation sites (N-methyl/N-ethyl adjacent to an activating group) is 1. The average Bonchev–Trinajstić information content (AvgIpc) is 2.60. The van der Waals surface area contributed by atoms with E-state index in [-0.39, 0.29) is 0 Å². The summed E-state index contributed by atoms with van der Waals surface area (Å²) in [7, 11) is 2.06. The van der Waals surface area contributed by atoms with Crippen LogP contribution in [0, 0.1) is 6.92 Å². The molecule has 5 nitrogen and oxygen atoms in total. The Morgan fingerprint density at radius 2 is 2.36 bits per heavy atom. The second-order valence-corrected chi connectivity index (χ2v) is 4.26. The Morgan fingerprint density at radius 1 is 1.64 bits per heavy atom. The number of aryl methyl sites for hydroxylation is 1. The first kappa shape index (κ1) is 9.61. The van der Waals surface area contributed by atoms with Crippen LogP contribution in [0.3, 0.4) is 0 Å². The van der Waals surface area contributed by atoms with Gasteiger partial charge in [-0.15, -0.1) is 0 Å². The predicted octanol–water partition coefficient (Wildman–Crippen LogP) is 0.256. The molecule has 2 unspecified atom stereocenters. The second kappa shape index (κ2) is 3.03. The van der Waals surface area contributed by atoms with E-state index in [9.17, 15) is 0 Å². The van der Waals surface area contributed by atoms with E-state index in [1.165, 1.54) is 0 Å². The molecule has 1 saturated heterocycles. The number of hydrogen-bond donors (Lipinski definition) is 1. The fourth-order valence-corrected chi connectivity index (χ4v) is 2.01. The summed E-state index contributed by atoms with van der Waals surface area (Å²) in [6.45, 7) is 4.72. The molecule has 1 aromatic heterocycles. The Morgan fingerprint density at radius 3 is 2.79 bits per heavy atom. The lowest BCUT2D eigenvalue weighted by Crippen LogP contribution is -2.40. The van der Waals surface area contributed by atoms with Gasteiger partial charge in [-0.05, 0) is 20.4 Å². The third-order valence-corrected chi connectivity index (χ3v) is 2.92. The normalized spacial score (nSPS) is 33.9. The SMILES string of the molecule is Cc1nc(C2(N)CC(C)N(C)C2)no1. The monoisotopic (exact) mass is 196 g/mol. The summed E-state index contributed by atoms with van der Waals surface area (Å²) in [5.41, 5.74) is 5.81. The summed E-state index contributed by atoms with van der Waals surface area (Å²) in [5, 5.41) is 3.90. The molecular formula is C9H16N4O. The van der Waals surface area contributed by atoms with Crippen molar-refractivity contribution in [2.45, 2.75) is 31.8 Å². The van der Waals surface area contributed by atoms with Crippen LogP contribution < -0.4 is 5.73 Å². The summed E-state index contributed by atoms with van der Waals surface area (Å²) < 4.78 is 4.95. The molecule has 0 saturated carbocycles. The van der Waals surface area contributed by atoms with Crippen molar-refractivity contribution in [2.24, 2.45) is 5.73 Å². The molecule has 2 heterocycles. The van der Waals surface area contributed by atoms with Crippen LogP contribution in [0.25, 0.3) is 0 Å². The van der Waals surface area contributed by atoms with Crippen molar-refractivity contribution >= 4 is 0 Å². The lowest BCUT2D eigenvalue weighted by molar-refractivity contribution is 0.313. The number of nitrogens with zero attached hydrogens (tertiary/aromatic N) is 3.